The monoisotopic (exact) mass is 508 g/mol. The number of ether oxygens (including phenoxy) is 2. The second-order valence-electron chi connectivity index (χ2n) is 7.32. The van der Waals surface area contributed by atoms with Crippen molar-refractivity contribution in [1.82, 2.24) is 5.32 Å². The van der Waals surface area contributed by atoms with Crippen molar-refractivity contribution >= 4 is 33.2 Å². The molecule has 0 spiro atoms. The first-order chi connectivity index (χ1) is 15.8. The van der Waals surface area contributed by atoms with Gasteiger partial charge in [0.15, 0.2) is 11.5 Å². The van der Waals surface area contributed by atoms with Crippen molar-refractivity contribution in [2.24, 2.45) is 5.14 Å². The first kappa shape index (κ1) is 25.3. The van der Waals surface area contributed by atoms with Gasteiger partial charge in [-0.15, -0.1) is 0 Å². The summed E-state index contributed by atoms with van der Waals surface area (Å²) in [6.45, 7) is 3.92. The standard InChI is InChI=1S/C24H26Cl2N2O4S/c1-2-31-23-13-19(15-28-12-11-17-7-9-20(10-8-17)33(27,29)30)22(26)14-24(23)32-16-18-5-3-4-6-21(18)25/h3-10,13-14,28H,2,11-12,15-16H2,1H3,(H2,27,29,30). The van der Waals surface area contributed by atoms with E-state index in [1.165, 1.54) is 12.1 Å². The summed E-state index contributed by atoms with van der Waals surface area (Å²) >= 11 is 12.7. The first-order valence-electron chi connectivity index (χ1n) is 10.4. The molecule has 0 atom stereocenters. The average Bonchev–Trinajstić information content (AvgIpc) is 2.78. The lowest BCUT2D eigenvalue weighted by Crippen LogP contribution is -2.17. The molecule has 3 N–H and O–H groups in total. The fraction of sp³-hybridized carbons (Fsp3) is 0.250. The van der Waals surface area contributed by atoms with E-state index in [2.05, 4.69) is 5.32 Å². The summed E-state index contributed by atoms with van der Waals surface area (Å²) in [4.78, 5) is 0.103. The minimum atomic E-state index is -3.68. The molecule has 0 heterocycles. The Morgan fingerprint density at radius 3 is 2.27 bits per heavy atom. The second-order valence-corrected chi connectivity index (χ2v) is 9.70. The smallest absolute Gasteiger partial charge is 0.238 e. The van der Waals surface area contributed by atoms with Crippen molar-refractivity contribution in [2.75, 3.05) is 13.2 Å². The number of hydrogen-bond acceptors (Lipinski definition) is 5. The van der Waals surface area contributed by atoms with Gasteiger partial charge in [0.05, 0.1) is 11.5 Å². The molecule has 0 aliphatic rings. The van der Waals surface area contributed by atoms with Gasteiger partial charge in [0.25, 0.3) is 0 Å². The van der Waals surface area contributed by atoms with Gasteiger partial charge >= 0.3 is 0 Å². The fourth-order valence-corrected chi connectivity index (χ4v) is 4.09. The van der Waals surface area contributed by atoms with Gasteiger partial charge in [-0.1, -0.05) is 53.5 Å². The van der Waals surface area contributed by atoms with Crippen LogP contribution < -0.4 is 19.9 Å². The highest BCUT2D eigenvalue weighted by molar-refractivity contribution is 7.89. The molecule has 0 aliphatic carbocycles. The molecule has 176 valence electrons. The number of nitrogens with two attached hydrogens (primary N) is 1. The van der Waals surface area contributed by atoms with Crippen LogP contribution in [-0.2, 0) is 29.6 Å². The van der Waals surface area contributed by atoms with E-state index in [1.54, 1.807) is 18.2 Å². The van der Waals surface area contributed by atoms with Gasteiger partial charge in [-0.2, -0.15) is 0 Å². The van der Waals surface area contributed by atoms with Crippen LogP contribution in [0, 0.1) is 0 Å². The molecule has 0 radical (unpaired) electrons. The summed E-state index contributed by atoms with van der Waals surface area (Å²) in [5.74, 6) is 1.17. The predicted molar refractivity (Wildman–Crippen MR) is 132 cm³/mol. The molecule has 3 aromatic carbocycles. The summed E-state index contributed by atoms with van der Waals surface area (Å²) < 4.78 is 34.4. The summed E-state index contributed by atoms with van der Waals surface area (Å²) in [7, 11) is -3.68. The predicted octanol–water partition coefficient (Wildman–Crippen LogP) is 4.95. The lowest BCUT2D eigenvalue weighted by atomic mass is 10.1. The molecule has 0 saturated carbocycles. The molecular weight excluding hydrogens is 483 g/mol. The van der Waals surface area contributed by atoms with Crippen LogP contribution in [-0.4, -0.2) is 21.6 Å². The maximum atomic E-state index is 11.3. The number of nitrogens with one attached hydrogen (secondary N) is 1. The Labute approximate surface area is 204 Å². The van der Waals surface area contributed by atoms with E-state index in [1.807, 2.05) is 37.3 Å². The number of benzene rings is 3. The van der Waals surface area contributed by atoms with Crippen LogP contribution >= 0.6 is 23.2 Å². The summed E-state index contributed by atoms with van der Waals surface area (Å²) in [6.07, 6.45) is 0.722. The van der Waals surface area contributed by atoms with Crippen LogP contribution in [0.3, 0.4) is 0 Å². The summed E-state index contributed by atoms with van der Waals surface area (Å²) in [5.41, 5.74) is 2.76. The maximum Gasteiger partial charge on any atom is 0.238 e. The van der Waals surface area contributed by atoms with Crippen molar-refractivity contribution in [3.8, 4) is 11.5 Å². The van der Waals surface area contributed by atoms with Crippen LogP contribution in [0.15, 0.2) is 65.6 Å². The summed E-state index contributed by atoms with van der Waals surface area (Å²) in [6, 6.07) is 17.7. The van der Waals surface area contributed by atoms with Crippen molar-refractivity contribution in [2.45, 2.75) is 31.4 Å². The third-order valence-corrected chi connectivity index (χ3v) is 6.56. The first-order valence-corrected chi connectivity index (χ1v) is 12.7. The minimum Gasteiger partial charge on any atom is -0.490 e. The van der Waals surface area contributed by atoms with Crippen LogP contribution in [0.25, 0.3) is 0 Å². The molecule has 6 nitrogen and oxygen atoms in total. The molecule has 33 heavy (non-hydrogen) atoms. The van der Waals surface area contributed by atoms with Gasteiger partial charge in [-0.25, -0.2) is 13.6 Å². The Balaban J connectivity index is 1.60. The highest BCUT2D eigenvalue weighted by Crippen LogP contribution is 2.34. The van der Waals surface area contributed by atoms with Crippen LogP contribution in [0.5, 0.6) is 11.5 Å². The molecular formula is C24H26Cl2N2O4S. The van der Waals surface area contributed by atoms with Gasteiger partial charge < -0.3 is 14.8 Å². The van der Waals surface area contributed by atoms with Crippen molar-refractivity contribution < 1.29 is 17.9 Å². The number of hydrogen-bond donors (Lipinski definition) is 2. The van der Waals surface area contributed by atoms with Crippen molar-refractivity contribution in [1.29, 1.82) is 0 Å². The molecule has 0 saturated heterocycles. The van der Waals surface area contributed by atoms with E-state index in [4.69, 9.17) is 37.8 Å². The quantitative estimate of drug-likeness (QED) is 0.357. The van der Waals surface area contributed by atoms with Gasteiger partial charge in [-0.3, -0.25) is 0 Å². The Kier molecular flexibility index (Phi) is 9.00. The van der Waals surface area contributed by atoms with Crippen molar-refractivity contribution in [3.63, 3.8) is 0 Å². The molecule has 3 rings (SSSR count). The zero-order valence-electron chi connectivity index (χ0n) is 18.2. The number of rotatable bonds is 11. The lowest BCUT2D eigenvalue weighted by molar-refractivity contribution is 0.269. The topological polar surface area (TPSA) is 90.6 Å². The molecule has 0 unspecified atom stereocenters. The van der Waals surface area contributed by atoms with E-state index in [9.17, 15) is 8.42 Å². The molecule has 9 heteroatoms. The zero-order chi connectivity index (χ0) is 23.8. The van der Waals surface area contributed by atoms with Crippen molar-refractivity contribution in [3.05, 3.63) is 87.4 Å². The fourth-order valence-electron chi connectivity index (χ4n) is 3.17. The average molecular weight is 509 g/mol. The van der Waals surface area contributed by atoms with Crippen LogP contribution in [0.2, 0.25) is 10.0 Å². The maximum absolute atomic E-state index is 11.3. The molecule has 0 aliphatic heterocycles. The normalized spacial score (nSPS) is 11.4. The number of primary sulfonamides is 1. The van der Waals surface area contributed by atoms with Gasteiger partial charge in [0, 0.05) is 28.2 Å². The van der Waals surface area contributed by atoms with Gasteiger partial charge in [0.1, 0.15) is 6.61 Å². The summed E-state index contributed by atoms with van der Waals surface area (Å²) in [5, 5.41) is 9.69. The largest absolute Gasteiger partial charge is 0.490 e. The highest BCUT2D eigenvalue weighted by atomic mass is 35.5. The molecule has 0 fully saturated rings. The van der Waals surface area contributed by atoms with E-state index in [-0.39, 0.29) is 4.90 Å². The highest BCUT2D eigenvalue weighted by Gasteiger charge is 2.12. The Morgan fingerprint density at radius 1 is 0.909 bits per heavy atom. The van der Waals surface area contributed by atoms with Gasteiger partial charge in [0.2, 0.25) is 10.0 Å². The number of halogens is 2. The van der Waals surface area contributed by atoms with E-state index in [0.717, 1.165) is 23.1 Å². The molecule has 0 amide bonds. The van der Waals surface area contributed by atoms with Crippen LogP contribution in [0.1, 0.15) is 23.6 Å². The van der Waals surface area contributed by atoms with E-state index < -0.39 is 10.0 Å². The molecule has 3 aromatic rings. The number of sulfonamides is 1. The molecule has 0 bridgehead atoms. The Bertz CT molecular complexity index is 1190. The second kappa shape index (κ2) is 11.7. The van der Waals surface area contributed by atoms with Gasteiger partial charge in [-0.05, 0) is 55.3 Å². The zero-order valence-corrected chi connectivity index (χ0v) is 20.5. The van der Waals surface area contributed by atoms with E-state index >= 15 is 0 Å². The third kappa shape index (κ3) is 7.35. The Morgan fingerprint density at radius 2 is 1.61 bits per heavy atom. The SMILES string of the molecule is CCOc1cc(CNCCc2ccc(S(N)(=O)=O)cc2)c(Cl)cc1OCc1ccccc1Cl. The third-order valence-electron chi connectivity index (χ3n) is 4.91. The Hall–Kier alpha value is -2.29. The lowest BCUT2D eigenvalue weighted by Gasteiger charge is -2.16. The minimum absolute atomic E-state index is 0.103. The molecule has 0 aromatic heterocycles. The van der Waals surface area contributed by atoms with E-state index in [0.29, 0.717) is 47.8 Å². The van der Waals surface area contributed by atoms with Crippen LogP contribution in [0.4, 0.5) is 0 Å².